The fourth-order valence-electron chi connectivity index (χ4n) is 2.31. The monoisotopic (exact) mass is 237 g/mol. The summed E-state index contributed by atoms with van der Waals surface area (Å²) in [6, 6.07) is 0.753. The van der Waals surface area contributed by atoms with Gasteiger partial charge < -0.3 is 15.4 Å². The van der Waals surface area contributed by atoms with Crippen LogP contribution < -0.4 is 15.4 Å². The largest absolute Gasteiger partial charge is 0.467 e. The number of rotatable bonds is 3. The highest BCUT2D eigenvalue weighted by Crippen LogP contribution is 2.28. The van der Waals surface area contributed by atoms with Crippen molar-refractivity contribution in [3.8, 4) is 6.01 Å². The third-order valence-corrected chi connectivity index (χ3v) is 3.13. The van der Waals surface area contributed by atoms with Gasteiger partial charge in [0.2, 0.25) is 11.9 Å². The summed E-state index contributed by atoms with van der Waals surface area (Å²) < 4.78 is 5.02. The second-order valence-electron chi connectivity index (χ2n) is 4.63. The Balaban J connectivity index is 2.29. The van der Waals surface area contributed by atoms with Gasteiger partial charge in [-0.05, 0) is 18.8 Å². The number of nitrogen functional groups attached to an aromatic ring is 1. The second kappa shape index (κ2) is 4.73. The molecule has 1 fully saturated rings. The molecular formula is C11H19N5O. The van der Waals surface area contributed by atoms with Gasteiger partial charge in [0.1, 0.15) is 0 Å². The summed E-state index contributed by atoms with van der Waals surface area (Å²) >= 11 is 0. The molecule has 1 unspecified atom stereocenters. The lowest BCUT2D eigenvalue weighted by molar-refractivity contribution is 0.377. The Morgan fingerprint density at radius 2 is 2.12 bits per heavy atom. The van der Waals surface area contributed by atoms with Crippen LogP contribution in [0, 0.1) is 5.92 Å². The number of aromatic nitrogens is 3. The van der Waals surface area contributed by atoms with Gasteiger partial charge in [-0.1, -0.05) is 13.8 Å². The van der Waals surface area contributed by atoms with Crippen molar-refractivity contribution in [3.63, 3.8) is 0 Å². The molecular weight excluding hydrogens is 218 g/mol. The maximum atomic E-state index is 5.66. The zero-order chi connectivity index (χ0) is 12.4. The minimum atomic E-state index is 0.209. The topological polar surface area (TPSA) is 77.2 Å². The van der Waals surface area contributed by atoms with Gasteiger partial charge in [0, 0.05) is 12.6 Å². The first kappa shape index (κ1) is 11.9. The summed E-state index contributed by atoms with van der Waals surface area (Å²) in [7, 11) is 1.53. The number of ether oxygens (including phenoxy) is 1. The summed E-state index contributed by atoms with van der Waals surface area (Å²) in [5.74, 6) is 1.41. The van der Waals surface area contributed by atoms with Crippen LogP contribution in [0.4, 0.5) is 11.9 Å². The van der Waals surface area contributed by atoms with E-state index in [0.717, 1.165) is 13.0 Å². The van der Waals surface area contributed by atoms with Gasteiger partial charge >= 0.3 is 6.01 Å². The minimum absolute atomic E-state index is 0.209. The van der Waals surface area contributed by atoms with E-state index in [-0.39, 0.29) is 12.0 Å². The Labute approximate surface area is 101 Å². The van der Waals surface area contributed by atoms with Crippen LogP contribution >= 0.6 is 0 Å². The molecule has 0 bridgehead atoms. The molecule has 2 N–H and O–H groups in total. The lowest BCUT2D eigenvalue weighted by Crippen LogP contribution is -2.34. The number of nitrogens with two attached hydrogens (primary N) is 1. The highest BCUT2D eigenvalue weighted by atomic mass is 16.5. The van der Waals surface area contributed by atoms with Crippen molar-refractivity contribution >= 4 is 11.9 Å². The van der Waals surface area contributed by atoms with E-state index >= 15 is 0 Å². The van der Waals surface area contributed by atoms with Gasteiger partial charge in [-0.2, -0.15) is 15.0 Å². The fourth-order valence-corrected chi connectivity index (χ4v) is 2.31. The van der Waals surface area contributed by atoms with Crippen molar-refractivity contribution in [2.45, 2.75) is 32.7 Å². The summed E-state index contributed by atoms with van der Waals surface area (Å²) in [6.07, 6.45) is 2.34. The van der Waals surface area contributed by atoms with Crippen LogP contribution in [-0.2, 0) is 0 Å². The first-order valence-corrected chi connectivity index (χ1v) is 5.94. The average Bonchev–Trinajstić information content (AvgIpc) is 2.77. The lowest BCUT2D eigenvalue weighted by atomic mass is 10.0. The lowest BCUT2D eigenvalue weighted by Gasteiger charge is -2.27. The van der Waals surface area contributed by atoms with E-state index < -0.39 is 0 Å². The molecule has 1 aromatic heterocycles. The average molecular weight is 237 g/mol. The third-order valence-electron chi connectivity index (χ3n) is 3.13. The Bertz CT molecular complexity index is 395. The molecule has 2 heterocycles. The van der Waals surface area contributed by atoms with E-state index in [1.54, 1.807) is 0 Å². The smallest absolute Gasteiger partial charge is 0.322 e. The van der Waals surface area contributed by atoms with Gasteiger partial charge in [-0.15, -0.1) is 0 Å². The van der Waals surface area contributed by atoms with E-state index in [1.807, 2.05) is 0 Å². The van der Waals surface area contributed by atoms with Crippen LogP contribution in [0.25, 0.3) is 0 Å². The van der Waals surface area contributed by atoms with Crippen LogP contribution in [0.3, 0.4) is 0 Å². The first-order chi connectivity index (χ1) is 8.11. The Morgan fingerprint density at radius 3 is 2.76 bits per heavy atom. The molecule has 0 radical (unpaired) electrons. The Morgan fingerprint density at radius 1 is 1.35 bits per heavy atom. The summed E-state index contributed by atoms with van der Waals surface area (Å²) in [4.78, 5) is 14.6. The minimum Gasteiger partial charge on any atom is -0.467 e. The highest BCUT2D eigenvalue weighted by molar-refractivity contribution is 5.38. The first-order valence-electron chi connectivity index (χ1n) is 5.94. The standard InChI is InChI=1S/C11H19N5O/c1-7(2)8-5-4-6-16(8)10-13-9(12)14-11(15-10)17-3/h7-8H,4-6H2,1-3H3,(H2,12,13,14,15). The number of hydrogen-bond donors (Lipinski definition) is 1. The Kier molecular flexibility index (Phi) is 3.31. The van der Waals surface area contributed by atoms with Crippen molar-refractivity contribution in [2.75, 3.05) is 24.3 Å². The normalized spacial score (nSPS) is 20.0. The van der Waals surface area contributed by atoms with Gasteiger partial charge in [-0.25, -0.2) is 0 Å². The van der Waals surface area contributed by atoms with Gasteiger partial charge in [0.15, 0.2) is 0 Å². The molecule has 0 aromatic carbocycles. The third kappa shape index (κ3) is 2.40. The number of methoxy groups -OCH3 is 1. The van der Waals surface area contributed by atoms with Crippen LogP contribution in [0.15, 0.2) is 0 Å². The molecule has 1 aliphatic heterocycles. The van der Waals surface area contributed by atoms with Crippen LogP contribution in [0.1, 0.15) is 26.7 Å². The van der Waals surface area contributed by atoms with Crippen molar-refractivity contribution in [1.82, 2.24) is 15.0 Å². The maximum absolute atomic E-state index is 5.66. The maximum Gasteiger partial charge on any atom is 0.322 e. The number of nitrogens with zero attached hydrogens (tertiary/aromatic N) is 4. The van der Waals surface area contributed by atoms with Crippen molar-refractivity contribution in [1.29, 1.82) is 0 Å². The van der Waals surface area contributed by atoms with Crippen molar-refractivity contribution in [2.24, 2.45) is 5.92 Å². The quantitative estimate of drug-likeness (QED) is 0.847. The molecule has 6 heteroatoms. The van der Waals surface area contributed by atoms with E-state index in [4.69, 9.17) is 10.5 Å². The molecule has 0 aliphatic carbocycles. The molecule has 0 amide bonds. The van der Waals surface area contributed by atoms with Gasteiger partial charge in [0.05, 0.1) is 7.11 Å². The summed E-state index contributed by atoms with van der Waals surface area (Å²) in [6.45, 7) is 5.39. The summed E-state index contributed by atoms with van der Waals surface area (Å²) in [5, 5.41) is 0. The van der Waals surface area contributed by atoms with E-state index in [1.165, 1.54) is 13.5 Å². The number of hydrogen-bond acceptors (Lipinski definition) is 6. The van der Waals surface area contributed by atoms with E-state index in [9.17, 15) is 0 Å². The molecule has 1 aromatic rings. The van der Waals surface area contributed by atoms with Crippen LogP contribution in [0.5, 0.6) is 6.01 Å². The van der Waals surface area contributed by atoms with Gasteiger partial charge in [0.25, 0.3) is 0 Å². The molecule has 17 heavy (non-hydrogen) atoms. The predicted octanol–water partition coefficient (Wildman–Crippen LogP) is 1.09. The molecule has 1 aliphatic rings. The second-order valence-corrected chi connectivity index (χ2v) is 4.63. The zero-order valence-corrected chi connectivity index (χ0v) is 10.6. The number of anilines is 2. The highest BCUT2D eigenvalue weighted by Gasteiger charge is 2.29. The molecule has 0 saturated carbocycles. The van der Waals surface area contributed by atoms with E-state index in [2.05, 4.69) is 33.7 Å². The fraction of sp³-hybridized carbons (Fsp3) is 0.727. The molecule has 0 spiro atoms. The zero-order valence-electron chi connectivity index (χ0n) is 10.6. The predicted molar refractivity (Wildman–Crippen MR) is 66.0 cm³/mol. The molecule has 1 atom stereocenters. The molecule has 6 nitrogen and oxygen atoms in total. The molecule has 94 valence electrons. The van der Waals surface area contributed by atoms with Crippen molar-refractivity contribution in [3.05, 3.63) is 0 Å². The van der Waals surface area contributed by atoms with Crippen LogP contribution in [0.2, 0.25) is 0 Å². The molecule has 2 rings (SSSR count). The SMILES string of the molecule is COc1nc(N)nc(N2CCCC2C(C)C)n1. The summed E-state index contributed by atoms with van der Waals surface area (Å²) in [5.41, 5.74) is 5.66. The molecule has 1 saturated heterocycles. The van der Waals surface area contributed by atoms with Gasteiger partial charge in [-0.3, -0.25) is 0 Å². The Hall–Kier alpha value is -1.59. The van der Waals surface area contributed by atoms with Crippen LogP contribution in [-0.4, -0.2) is 34.6 Å². The van der Waals surface area contributed by atoms with E-state index in [0.29, 0.717) is 17.9 Å². The van der Waals surface area contributed by atoms with Crippen molar-refractivity contribution < 1.29 is 4.74 Å².